The van der Waals surface area contributed by atoms with E-state index in [9.17, 15) is 9.90 Å². The summed E-state index contributed by atoms with van der Waals surface area (Å²) < 4.78 is 16.2. The van der Waals surface area contributed by atoms with Gasteiger partial charge < -0.3 is 19.3 Å². The Morgan fingerprint density at radius 1 is 1.17 bits per heavy atom. The molecule has 0 saturated carbocycles. The van der Waals surface area contributed by atoms with E-state index >= 15 is 0 Å². The molecule has 1 unspecified atom stereocenters. The van der Waals surface area contributed by atoms with Gasteiger partial charge in [0.1, 0.15) is 19.0 Å². The highest BCUT2D eigenvalue weighted by atomic mass is 16.6. The summed E-state index contributed by atoms with van der Waals surface area (Å²) in [5, 5.41) is 9.62. The van der Waals surface area contributed by atoms with Gasteiger partial charge in [-0.2, -0.15) is 0 Å². The third-order valence-electron chi connectivity index (χ3n) is 3.84. The van der Waals surface area contributed by atoms with Crippen LogP contribution < -0.4 is 14.2 Å². The maximum Gasteiger partial charge on any atom is 0.311 e. The second kappa shape index (κ2) is 6.60. The van der Waals surface area contributed by atoms with Crippen LogP contribution in [0.2, 0.25) is 0 Å². The van der Waals surface area contributed by atoms with E-state index in [-0.39, 0.29) is 0 Å². The molecule has 0 spiro atoms. The van der Waals surface area contributed by atoms with E-state index < -0.39 is 11.9 Å². The Morgan fingerprint density at radius 3 is 2.70 bits per heavy atom. The molecule has 5 nitrogen and oxygen atoms in total. The minimum Gasteiger partial charge on any atom is -0.497 e. The number of aliphatic carboxylic acids is 1. The third kappa shape index (κ3) is 3.39. The van der Waals surface area contributed by atoms with Crippen LogP contribution in [0.3, 0.4) is 0 Å². The summed E-state index contributed by atoms with van der Waals surface area (Å²) in [6.45, 7) is 0.989. The molecule has 0 saturated heterocycles. The number of fused-ring (bicyclic) bond motifs is 1. The Morgan fingerprint density at radius 2 is 1.96 bits per heavy atom. The van der Waals surface area contributed by atoms with Crippen LogP contribution in [0.5, 0.6) is 17.2 Å². The topological polar surface area (TPSA) is 65.0 Å². The van der Waals surface area contributed by atoms with E-state index in [0.29, 0.717) is 42.4 Å². The first-order valence-electron chi connectivity index (χ1n) is 7.42. The van der Waals surface area contributed by atoms with Gasteiger partial charge in [-0.15, -0.1) is 0 Å². The molecule has 1 heterocycles. The molecule has 1 atom stereocenters. The van der Waals surface area contributed by atoms with E-state index in [1.807, 2.05) is 24.3 Å². The number of carboxylic acids is 1. The number of benzene rings is 2. The first-order valence-corrected chi connectivity index (χ1v) is 7.42. The van der Waals surface area contributed by atoms with E-state index in [1.54, 1.807) is 25.3 Å². The molecule has 2 aromatic carbocycles. The Bertz CT molecular complexity index is 710. The summed E-state index contributed by atoms with van der Waals surface area (Å²) in [4.78, 5) is 11.7. The van der Waals surface area contributed by atoms with Gasteiger partial charge in [0.15, 0.2) is 11.5 Å². The summed E-state index contributed by atoms with van der Waals surface area (Å²) in [6.07, 6.45) is 0.381. The lowest BCUT2D eigenvalue weighted by Crippen LogP contribution is -2.18. The second-order valence-electron chi connectivity index (χ2n) is 5.35. The SMILES string of the molecule is COc1cccc(CC(C(=O)O)c2ccc3c(c2)OCCO3)c1. The molecule has 0 fully saturated rings. The van der Waals surface area contributed by atoms with Crippen LogP contribution in [0.1, 0.15) is 17.0 Å². The van der Waals surface area contributed by atoms with E-state index in [4.69, 9.17) is 14.2 Å². The predicted molar refractivity (Wildman–Crippen MR) is 84.5 cm³/mol. The number of ether oxygens (including phenoxy) is 3. The van der Waals surface area contributed by atoms with Crippen LogP contribution in [0, 0.1) is 0 Å². The number of hydrogen-bond acceptors (Lipinski definition) is 4. The number of rotatable bonds is 5. The zero-order valence-electron chi connectivity index (χ0n) is 12.8. The van der Waals surface area contributed by atoms with Gasteiger partial charge in [0.05, 0.1) is 13.0 Å². The van der Waals surface area contributed by atoms with Crippen molar-refractivity contribution in [3.8, 4) is 17.2 Å². The van der Waals surface area contributed by atoms with Gasteiger partial charge in [-0.3, -0.25) is 4.79 Å². The van der Waals surface area contributed by atoms with Crippen molar-refractivity contribution in [1.29, 1.82) is 0 Å². The number of carbonyl (C=O) groups is 1. The predicted octanol–water partition coefficient (Wildman–Crippen LogP) is 2.88. The van der Waals surface area contributed by atoms with Gasteiger partial charge in [0.2, 0.25) is 0 Å². The van der Waals surface area contributed by atoms with E-state index in [1.165, 1.54) is 0 Å². The van der Waals surface area contributed by atoms with Gasteiger partial charge in [-0.05, 0) is 41.8 Å². The fourth-order valence-corrected chi connectivity index (χ4v) is 2.66. The van der Waals surface area contributed by atoms with Gasteiger partial charge >= 0.3 is 5.97 Å². The average molecular weight is 314 g/mol. The van der Waals surface area contributed by atoms with Crippen LogP contribution in [0.25, 0.3) is 0 Å². The van der Waals surface area contributed by atoms with Crippen molar-refractivity contribution < 1.29 is 24.1 Å². The highest BCUT2D eigenvalue weighted by Crippen LogP contribution is 2.34. The van der Waals surface area contributed by atoms with Crippen molar-refractivity contribution >= 4 is 5.97 Å². The molecule has 0 amide bonds. The molecule has 1 aliphatic rings. The normalized spacial score (nSPS) is 14.1. The molecule has 0 bridgehead atoms. The Balaban J connectivity index is 1.88. The van der Waals surface area contributed by atoms with Crippen LogP contribution >= 0.6 is 0 Å². The smallest absolute Gasteiger partial charge is 0.311 e. The van der Waals surface area contributed by atoms with E-state index in [2.05, 4.69) is 0 Å². The molecule has 0 radical (unpaired) electrons. The van der Waals surface area contributed by atoms with Crippen molar-refractivity contribution in [3.05, 3.63) is 53.6 Å². The summed E-state index contributed by atoms with van der Waals surface area (Å²) in [6, 6.07) is 12.8. The molecular formula is C18H18O5. The zero-order chi connectivity index (χ0) is 16.2. The summed E-state index contributed by atoms with van der Waals surface area (Å²) >= 11 is 0. The second-order valence-corrected chi connectivity index (χ2v) is 5.35. The Labute approximate surface area is 134 Å². The average Bonchev–Trinajstić information content (AvgIpc) is 2.59. The minimum atomic E-state index is -0.871. The molecule has 1 aliphatic heterocycles. The Hall–Kier alpha value is -2.69. The first-order chi connectivity index (χ1) is 11.2. The van der Waals surface area contributed by atoms with Gasteiger partial charge in [0.25, 0.3) is 0 Å². The molecule has 120 valence electrons. The maximum absolute atomic E-state index is 11.7. The molecule has 5 heteroatoms. The minimum absolute atomic E-state index is 0.381. The third-order valence-corrected chi connectivity index (χ3v) is 3.84. The van der Waals surface area contributed by atoms with E-state index in [0.717, 1.165) is 5.56 Å². The summed E-state index contributed by atoms with van der Waals surface area (Å²) in [7, 11) is 1.59. The largest absolute Gasteiger partial charge is 0.497 e. The fourth-order valence-electron chi connectivity index (χ4n) is 2.66. The van der Waals surface area contributed by atoms with Gasteiger partial charge in [0, 0.05) is 0 Å². The molecule has 23 heavy (non-hydrogen) atoms. The van der Waals surface area contributed by atoms with Crippen LogP contribution in [0.4, 0.5) is 0 Å². The lowest BCUT2D eigenvalue weighted by Gasteiger charge is -2.20. The molecule has 2 aromatic rings. The Kier molecular flexibility index (Phi) is 4.37. The van der Waals surface area contributed by atoms with Crippen molar-refractivity contribution in [2.24, 2.45) is 0 Å². The molecule has 0 aliphatic carbocycles. The summed E-state index contributed by atoms with van der Waals surface area (Å²) in [5.41, 5.74) is 1.61. The monoisotopic (exact) mass is 314 g/mol. The fraction of sp³-hybridized carbons (Fsp3) is 0.278. The van der Waals surface area contributed by atoms with Gasteiger partial charge in [-0.25, -0.2) is 0 Å². The van der Waals surface area contributed by atoms with Crippen molar-refractivity contribution in [1.82, 2.24) is 0 Å². The quantitative estimate of drug-likeness (QED) is 0.919. The number of carboxylic acid groups (broad SMARTS) is 1. The highest BCUT2D eigenvalue weighted by molar-refractivity contribution is 5.77. The van der Waals surface area contributed by atoms with Crippen molar-refractivity contribution in [2.45, 2.75) is 12.3 Å². The van der Waals surface area contributed by atoms with Crippen LogP contribution in [-0.4, -0.2) is 31.4 Å². The standard InChI is InChI=1S/C18H18O5/c1-21-14-4-2-3-12(9-14)10-15(18(19)20)13-5-6-16-17(11-13)23-8-7-22-16/h2-6,9,11,15H,7-8,10H2,1H3,(H,19,20). The molecule has 0 aromatic heterocycles. The van der Waals surface area contributed by atoms with Crippen LogP contribution in [0.15, 0.2) is 42.5 Å². The van der Waals surface area contributed by atoms with Gasteiger partial charge in [-0.1, -0.05) is 18.2 Å². The first kappa shape index (κ1) is 15.2. The van der Waals surface area contributed by atoms with Crippen molar-refractivity contribution in [2.75, 3.05) is 20.3 Å². The maximum atomic E-state index is 11.7. The molecular weight excluding hydrogens is 296 g/mol. The number of methoxy groups -OCH3 is 1. The zero-order valence-corrected chi connectivity index (χ0v) is 12.8. The molecule has 3 rings (SSSR count). The highest BCUT2D eigenvalue weighted by Gasteiger charge is 2.23. The molecule has 1 N–H and O–H groups in total. The summed E-state index contributed by atoms with van der Waals surface area (Å²) in [5.74, 6) is 0.451. The number of hydrogen-bond donors (Lipinski definition) is 1. The van der Waals surface area contributed by atoms with Crippen molar-refractivity contribution in [3.63, 3.8) is 0 Å². The lowest BCUT2D eigenvalue weighted by atomic mass is 9.91. The lowest BCUT2D eigenvalue weighted by molar-refractivity contribution is -0.138. The van der Waals surface area contributed by atoms with Crippen LogP contribution in [-0.2, 0) is 11.2 Å².